The van der Waals surface area contributed by atoms with Crippen molar-refractivity contribution in [3.8, 4) is 0 Å². The van der Waals surface area contributed by atoms with Crippen LogP contribution in [0.4, 0.5) is 11.4 Å². The van der Waals surface area contributed by atoms with E-state index in [1.165, 1.54) is 42.3 Å². The number of nitrogens with one attached hydrogen (secondary N) is 1. The summed E-state index contributed by atoms with van der Waals surface area (Å²) in [5.74, 6) is -1.38. The van der Waals surface area contributed by atoms with Crippen molar-refractivity contribution < 1.29 is 27.5 Å². The van der Waals surface area contributed by atoms with Gasteiger partial charge in [0, 0.05) is 25.3 Å². The lowest BCUT2D eigenvalue weighted by Gasteiger charge is -2.22. The zero-order valence-electron chi connectivity index (χ0n) is 17.1. The fraction of sp³-hybridized carbons (Fsp3) is 0.250. The van der Waals surface area contributed by atoms with Gasteiger partial charge in [-0.25, -0.2) is 13.2 Å². The largest absolute Gasteiger partial charge is 0.465 e. The monoisotopic (exact) mass is 433 g/mol. The number of methoxy groups -OCH3 is 1. The number of amides is 2. The van der Waals surface area contributed by atoms with Crippen molar-refractivity contribution >= 4 is 39.2 Å². The molecule has 0 unspecified atom stereocenters. The van der Waals surface area contributed by atoms with Gasteiger partial charge in [0.25, 0.3) is 5.91 Å². The highest BCUT2D eigenvalue weighted by Gasteiger charge is 2.21. The predicted octanol–water partition coefficient (Wildman–Crippen LogP) is 1.58. The van der Waals surface area contributed by atoms with Gasteiger partial charge < -0.3 is 15.0 Å². The molecule has 2 aromatic rings. The van der Waals surface area contributed by atoms with Gasteiger partial charge in [-0.05, 0) is 42.5 Å². The average Bonchev–Trinajstić information content (AvgIpc) is 2.70. The van der Waals surface area contributed by atoms with Crippen LogP contribution in [0.2, 0.25) is 0 Å². The van der Waals surface area contributed by atoms with E-state index in [0.717, 1.165) is 10.6 Å². The second kappa shape index (κ2) is 9.40. The number of benzene rings is 2. The van der Waals surface area contributed by atoms with E-state index in [1.807, 2.05) is 0 Å². The number of carbonyl (C=O) groups is 3. The molecule has 0 fully saturated rings. The maximum Gasteiger partial charge on any atom is 0.337 e. The Morgan fingerprint density at radius 2 is 1.63 bits per heavy atom. The Hall–Kier alpha value is -3.40. The van der Waals surface area contributed by atoms with Crippen LogP contribution in [0.5, 0.6) is 0 Å². The maximum absolute atomic E-state index is 12.5. The molecule has 0 atom stereocenters. The minimum absolute atomic E-state index is 0.219. The second-order valence-electron chi connectivity index (χ2n) is 6.64. The molecule has 9 nitrogen and oxygen atoms in total. The SMILES string of the molecule is COC(=O)c1ccc(N(CC(=O)Nc2cccc(C(=O)N(C)C)c2)S(C)(=O)=O)cc1. The summed E-state index contributed by atoms with van der Waals surface area (Å²) in [7, 11) is 0.688. The van der Waals surface area contributed by atoms with Gasteiger partial charge in [0.2, 0.25) is 15.9 Å². The number of rotatable bonds is 7. The van der Waals surface area contributed by atoms with E-state index < -0.39 is 28.4 Å². The molecule has 0 aliphatic carbocycles. The Morgan fingerprint density at radius 1 is 1.00 bits per heavy atom. The number of esters is 1. The molecule has 0 radical (unpaired) electrons. The fourth-order valence-corrected chi connectivity index (χ4v) is 3.46. The van der Waals surface area contributed by atoms with Crippen LogP contribution in [0.1, 0.15) is 20.7 Å². The molecule has 10 heteroatoms. The zero-order chi connectivity index (χ0) is 22.5. The summed E-state index contributed by atoms with van der Waals surface area (Å²) >= 11 is 0. The molecule has 0 aliphatic heterocycles. The van der Waals surface area contributed by atoms with E-state index in [4.69, 9.17) is 0 Å². The first-order valence-electron chi connectivity index (χ1n) is 8.80. The molecule has 0 heterocycles. The molecule has 0 aromatic heterocycles. The minimum atomic E-state index is -3.78. The third kappa shape index (κ3) is 5.80. The van der Waals surface area contributed by atoms with Crippen molar-refractivity contribution in [1.29, 1.82) is 0 Å². The fourth-order valence-electron chi connectivity index (χ4n) is 2.60. The molecule has 30 heavy (non-hydrogen) atoms. The van der Waals surface area contributed by atoms with Gasteiger partial charge in [0.05, 0.1) is 24.6 Å². The summed E-state index contributed by atoms with van der Waals surface area (Å²) < 4.78 is 30.0. The summed E-state index contributed by atoms with van der Waals surface area (Å²) in [5, 5.41) is 2.60. The highest BCUT2D eigenvalue weighted by Crippen LogP contribution is 2.19. The van der Waals surface area contributed by atoms with E-state index >= 15 is 0 Å². The van der Waals surface area contributed by atoms with E-state index in [-0.39, 0.29) is 17.2 Å². The normalized spacial score (nSPS) is 10.8. The Kier molecular flexibility index (Phi) is 7.17. The number of ether oxygens (including phenoxy) is 1. The van der Waals surface area contributed by atoms with Crippen molar-refractivity contribution in [2.24, 2.45) is 0 Å². The molecule has 0 aliphatic rings. The smallest absolute Gasteiger partial charge is 0.337 e. The zero-order valence-corrected chi connectivity index (χ0v) is 17.9. The lowest BCUT2D eigenvalue weighted by molar-refractivity contribution is -0.114. The van der Waals surface area contributed by atoms with Crippen LogP contribution in [-0.4, -0.2) is 65.1 Å². The molecule has 0 saturated carbocycles. The summed E-state index contributed by atoms with van der Waals surface area (Å²) in [6, 6.07) is 12.0. The van der Waals surface area contributed by atoms with Crippen LogP contribution in [0.25, 0.3) is 0 Å². The first kappa shape index (κ1) is 22.9. The van der Waals surface area contributed by atoms with Crippen LogP contribution in [0, 0.1) is 0 Å². The Balaban J connectivity index is 2.20. The van der Waals surface area contributed by atoms with E-state index in [1.54, 1.807) is 32.3 Å². The van der Waals surface area contributed by atoms with Crippen molar-refractivity contribution in [3.05, 3.63) is 59.7 Å². The Labute approximate surface area is 175 Å². The van der Waals surface area contributed by atoms with Gasteiger partial charge in [-0.3, -0.25) is 13.9 Å². The molecule has 0 saturated heterocycles. The van der Waals surface area contributed by atoms with Crippen molar-refractivity contribution in [2.45, 2.75) is 0 Å². The molecule has 1 N–H and O–H groups in total. The first-order valence-corrected chi connectivity index (χ1v) is 10.7. The van der Waals surface area contributed by atoms with Crippen LogP contribution in [-0.2, 0) is 19.6 Å². The van der Waals surface area contributed by atoms with Crippen molar-refractivity contribution in [1.82, 2.24) is 4.90 Å². The molecular formula is C20H23N3O6S. The average molecular weight is 433 g/mol. The van der Waals surface area contributed by atoms with E-state index in [0.29, 0.717) is 11.3 Å². The van der Waals surface area contributed by atoms with Crippen LogP contribution in [0.15, 0.2) is 48.5 Å². The van der Waals surface area contributed by atoms with Gasteiger partial charge in [-0.15, -0.1) is 0 Å². The maximum atomic E-state index is 12.5. The molecule has 160 valence electrons. The van der Waals surface area contributed by atoms with Crippen molar-refractivity contribution in [2.75, 3.05) is 43.6 Å². The number of nitrogens with zero attached hydrogens (tertiary/aromatic N) is 2. The Bertz CT molecular complexity index is 1050. The summed E-state index contributed by atoms with van der Waals surface area (Å²) in [6.07, 6.45) is 0.977. The first-order chi connectivity index (χ1) is 14.0. The number of anilines is 2. The van der Waals surface area contributed by atoms with Crippen LogP contribution in [0.3, 0.4) is 0 Å². The number of carbonyl (C=O) groups excluding carboxylic acids is 3. The molecule has 2 rings (SSSR count). The molecule has 2 aromatic carbocycles. The Morgan fingerprint density at radius 3 is 2.17 bits per heavy atom. The van der Waals surface area contributed by atoms with Crippen LogP contribution >= 0.6 is 0 Å². The third-order valence-corrected chi connectivity index (χ3v) is 5.20. The summed E-state index contributed by atoms with van der Waals surface area (Å²) in [6.45, 7) is -0.484. The van der Waals surface area contributed by atoms with Crippen molar-refractivity contribution in [3.63, 3.8) is 0 Å². The number of hydrogen-bond donors (Lipinski definition) is 1. The van der Waals surface area contributed by atoms with E-state index in [9.17, 15) is 22.8 Å². The molecule has 0 spiro atoms. The van der Waals surface area contributed by atoms with Gasteiger partial charge in [-0.1, -0.05) is 6.07 Å². The molecule has 2 amide bonds. The third-order valence-electron chi connectivity index (χ3n) is 4.06. The van der Waals surface area contributed by atoms with Gasteiger partial charge in [0.1, 0.15) is 6.54 Å². The van der Waals surface area contributed by atoms with Gasteiger partial charge in [0.15, 0.2) is 0 Å². The lowest BCUT2D eigenvalue weighted by atomic mass is 10.2. The quantitative estimate of drug-likeness (QED) is 0.664. The summed E-state index contributed by atoms with van der Waals surface area (Å²) in [5.41, 5.74) is 1.22. The van der Waals surface area contributed by atoms with Crippen LogP contribution < -0.4 is 9.62 Å². The topological polar surface area (TPSA) is 113 Å². The lowest BCUT2D eigenvalue weighted by Crippen LogP contribution is -2.37. The number of hydrogen-bond acceptors (Lipinski definition) is 6. The van der Waals surface area contributed by atoms with Gasteiger partial charge >= 0.3 is 5.97 Å². The molecular weight excluding hydrogens is 410 g/mol. The second-order valence-corrected chi connectivity index (χ2v) is 8.54. The standard InChI is InChI=1S/C20H23N3O6S/c1-22(2)19(25)15-6-5-7-16(12-15)21-18(24)13-23(30(4,27)28)17-10-8-14(9-11-17)20(26)29-3/h5-12H,13H2,1-4H3,(H,21,24). The van der Waals surface area contributed by atoms with E-state index in [2.05, 4.69) is 10.1 Å². The van der Waals surface area contributed by atoms with Gasteiger partial charge in [-0.2, -0.15) is 0 Å². The number of sulfonamides is 1. The highest BCUT2D eigenvalue weighted by atomic mass is 32.2. The summed E-state index contributed by atoms with van der Waals surface area (Å²) in [4.78, 5) is 37.5. The molecule has 0 bridgehead atoms. The predicted molar refractivity (Wildman–Crippen MR) is 113 cm³/mol. The highest BCUT2D eigenvalue weighted by molar-refractivity contribution is 7.92. The minimum Gasteiger partial charge on any atom is -0.465 e.